The Morgan fingerprint density at radius 2 is 2.33 bits per heavy atom. The molecule has 1 heterocycles. The normalized spacial score (nSPS) is 9.56. The van der Waals surface area contributed by atoms with E-state index in [4.69, 9.17) is 7.85 Å². The average Bonchev–Trinajstić information content (AvgIpc) is 2.10. The summed E-state index contributed by atoms with van der Waals surface area (Å²) in [5.74, 6) is 0. The largest absolute Gasteiger partial charge is 0.259 e. The molecule has 1 nitrogen and oxygen atoms in total. The molecule has 0 amide bonds. The lowest BCUT2D eigenvalue weighted by Crippen LogP contribution is -2.07. The fourth-order valence-corrected chi connectivity index (χ4v) is 1.42. The van der Waals surface area contributed by atoms with Gasteiger partial charge in [-0.1, -0.05) is 6.82 Å². The van der Waals surface area contributed by atoms with Crippen molar-refractivity contribution in [1.82, 2.24) is 4.98 Å². The third kappa shape index (κ3) is 1.36. The molecule has 1 aromatic heterocycles. The lowest BCUT2D eigenvalue weighted by atomic mass is 9.80. The third-order valence-electron chi connectivity index (χ3n) is 1.11. The van der Waals surface area contributed by atoms with E-state index in [9.17, 15) is 0 Å². The molecule has 0 spiro atoms. The summed E-state index contributed by atoms with van der Waals surface area (Å²) in [5, 5.41) is 0. The summed E-state index contributed by atoms with van der Waals surface area (Å²) >= 11 is 1.53. The zero-order valence-electron chi connectivity index (χ0n) is 5.51. The van der Waals surface area contributed by atoms with Crippen molar-refractivity contribution in [3.05, 3.63) is 5.69 Å². The molecular formula is C5H6B2NS. The van der Waals surface area contributed by atoms with Crippen LogP contribution in [-0.2, 0) is 0 Å². The molecule has 4 heteroatoms. The van der Waals surface area contributed by atoms with Gasteiger partial charge < -0.3 is 0 Å². The van der Waals surface area contributed by atoms with Crippen LogP contribution in [-0.4, -0.2) is 20.1 Å². The van der Waals surface area contributed by atoms with Crippen molar-refractivity contribution in [3.8, 4) is 0 Å². The van der Waals surface area contributed by atoms with E-state index < -0.39 is 0 Å². The minimum atomic E-state index is 0.653. The van der Waals surface area contributed by atoms with E-state index >= 15 is 0 Å². The monoisotopic (exact) mass is 134 g/mol. The summed E-state index contributed by atoms with van der Waals surface area (Å²) in [4.78, 5) is 4.70. The van der Waals surface area contributed by atoms with Crippen LogP contribution in [0.2, 0.25) is 6.82 Å². The van der Waals surface area contributed by atoms with Gasteiger partial charge in [-0.25, -0.2) is 0 Å². The maximum absolute atomic E-state index is 5.44. The maximum Gasteiger partial charge on any atom is 0.164 e. The zero-order chi connectivity index (χ0) is 6.85. The number of hydrogen-bond acceptors (Lipinski definition) is 2. The Kier molecular flexibility index (Phi) is 1.96. The highest BCUT2D eigenvalue weighted by Crippen LogP contribution is 1.90. The van der Waals surface area contributed by atoms with Crippen molar-refractivity contribution in [3.63, 3.8) is 0 Å². The molecule has 0 saturated heterocycles. The number of aryl methyl sites for hydroxylation is 1. The highest BCUT2D eigenvalue weighted by atomic mass is 32.1. The number of rotatable bonds is 1. The minimum absolute atomic E-state index is 0.653. The number of aromatic nitrogens is 1. The van der Waals surface area contributed by atoms with Crippen LogP contribution in [0.5, 0.6) is 0 Å². The first-order valence-electron chi connectivity index (χ1n) is 2.76. The van der Waals surface area contributed by atoms with E-state index in [-0.39, 0.29) is 0 Å². The summed E-state index contributed by atoms with van der Waals surface area (Å²) in [7, 11) is 7.46. The second-order valence-electron chi connectivity index (χ2n) is 1.79. The first-order valence-corrected chi connectivity index (χ1v) is 3.58. The van der Waals surface area contributed by atoms with Gasteiger partial charge in [-0.3, -0.25) is 4.98 Å². The Hall–Kier alpha value is -0.240. The molecule has 1 rings (SSSR count). The summed E-state index contributed by atoms with van der Waals surface area (Å²) in [6.45, 7) is 3.95. The van der Waals surface area contributed by atoms with Gasteiger partial charge in [0, 0.05) is 10.6 Å². The van der Waals surface area contributed by atoms with Crippen LogP contribution in [0.1, 0.15) is 5.69 Å². The van der Waals surface area contributed by atoms with Crippen molar-refractivity contribution >= 4 is 36.1 Å². The molecule has 0 fully saturated rings. The number of hydrogen-bond donors (Lipinski definition) is 0. The second-order valence-corrected chi connectivity index (χ2v) is 2.85. The van der Waals surface area contributed by atoms with Crippen LogP contribution < -0.4 is 9.68 Å². The second kappa shape index (κ2) is 2.56. The van der Waals surface area contributed by atoms with Crippen molar-refractivity contribution in [2.24, 2.45) is 0 Å². The first-order chi connectivity index (χ1) is 4.24. The highest BCUT2D eigenvalue weighted by Gasteiger charge is 2.00. The van der Waals surface area contributed by atoms with Crippen LogP contribution in [0.4, 0.5) is 0 Å². The van der Waals surface area contributed by atoms with Gasteiger partial charge in [0.05, 0.1) is 0 Å². The molecule has 43 valence electrons. The van der Waals surface area contributed by atoms with E-state index in [1.165, 1.54) is 16.1 Å². The van der Waals surface area contributed by atoms with Crippen molar-refractivity contribution in [2.45, 2.75) is 13.7 Å². The van der Waals surface area contributed by atoms with Gasteiger partial charge in [0.1, 0.15) is 0 Å². The predicted octanol–water partition coefficient (Wildman–Crippen LogP) is -0.377. The minimum Gasteiger partial charge on any atom is -0.259 e. The molecule has 9 heavy (non-hydrogen) atoms. The molecule has 0 atom stereocenters. The standard InChI is InChI=1S/C5H6B2NS/c1-3-4(7-2)9-5(6)8-3/h1-2H3. The van der Waals surface area contributed by atoms with Crippen molar-refractivity contribution in [2.75, 3.05) is 0 Å². The lowest BCUT2D eigenvalue weighted by molar-refractivity contribution is 1.31. The van der Waals surface area contributed by atoms with Gasteiger partial charge >= 0.3 is 0 Å². The predicted molar refractivity (Wildman–Crippen MR) is 43.5 cm³/mol. The molecule has 0 N–H and O–H groups in total. The zero-order valence-corrected chi connectivity index (χ0v) is 6.33. The molecule has 0 aromatic carbocycles. The van der Waals surface area contributed by atoms with Gasteiger partial charge in [-0.15, -0.1) is 11.3 Å². The van der Waals surface area contributed by atoms with Gasteiger partial charge in [0.15, 0.2) is 15.1 Å². The quantitative estimate of drug-likeness (QED) is 0.477. The SMILES string of the molecule is [B]c1nc(C)c([B]C)s1. The van der Waals surface area contributed by atoms with E-state index in [1.807, 2.05) is 21.0 Å². The van der Waals surface area contributed by atoms with Gasteiger partial charge in [0.25, 0.3) is 0 Å². The maximum atomic E-state index is 5.44. The van der Waals surface area contributed by atoms with Crippen molar-refractivity contribution < 1.29 is 0 Å². The smallest absolute Gasteiger partial charge is 0.164 e. The van der Waals surface area contributed by atoms with Crippen LogP contribution in [0.25, 0.3) is 0 Å². The average molecular weight is 134 g/mol. The molecule has 1 aromatic rings. The topological polar surface area (TPSA) is 12.9 Å². The van der Waals surface area contributed by atoms with E-state index in [2.05, 4.69) is 4.98 Å². The third-order valence-corrected chi connectivity index (χ3v) is 2.16. The summed E-state index contributed by atoms with van der Waals surface area (Å²) < 4.78 is 1.17. The van der Waals surface area contributed by atoms with Crippen LogP contribution in [0.3, 0.4) is 0 Å². The lowest BCUT2D eigenvalue weighted by Gasteiger charge is -1.84. The molecular weight excluding hydrogens is 128 g/mol. The Balaban J connectivity index is 3.01. The summed E-state index contributed by atoms with van der Waals surface area (Å²) in [5.41, 5.74) is 1.03. The van der Waals surface area contributed by atoms with E-state index in [1.54, 1.807) is 0 Å². The van der Waals surface area contributed by atoms with E-state index in [0.29, 0.717) is 4.91 Å². The molecule has 3 radical (unpaired) electrons. The van der Waals surface area contributed by atoms with Crippen molar-refractivity contribution in [1.29, 1.82) is 0 Å². The summed E-state index contributed by atoms with van der Waals surface area (Å²) in [6, 6.07) is 0. The Morgan fingerprint density at radius 1 is 1.67 bits per heavy atom. The first kappa shape index (κ1) is 6.87. The molecule has 0 saturated carbocycles. The molecule has 0 unspecified atom stereocenters. The Bertz CT molecular complexity index is 209. The molecule has 0 bridgehead atoms. The van der Waals surface area contributed by atoms with Gasteiger partial charge in [-0.05, 0) is 11.7 Å². The molecule has 0 aliphatic carbocycles. The van der Waals surface area contributed by atoms with Crippen LogP contribution >= 0.6 is 11.3 Å². The Morgan fingerprint density at radius 3 is 2.56 bits per heavy atom. The highest BCUT2D eigenvalue weighted by molar-refractivity contribution is 7.27. The molecule has 0 aliphatic heterocycles. The molecule has 0 aliphatic rings. The number of thiazole rings is 1. The van der Waals surface area contributed by atoms with Crippen LogP contribution in [0.15, 0.2) is 0 Å². The number of nitrogens with zero attached hydrogens (tertiary/aromatic N) is 1. The Labute approximate surface area is 61.2 Å². The fourth-order valence-electron chi connectivity index (χ4n) is 0.698. The fraction of sp³-hybridized carbons (Fsp3) is 0.400. The van der Waals surface area contributed by atoms with E-state index in [0.717, 1.165) is 5.69 Å². The van der Waals surface area contributed by atoms with Gasteiger partial charge in [0.2, 0.25) is 0 Å². The summed E-state index contributed by atoms with van der Waals surface area (Å²) in [6.07, 6.45) is 0. The van der Waals surface area contributed by atoms with Crippen LogP contribution in [0, 0.1) is 6.92 Å². The van der Waals surface area contributed by atoms with Gasteiger partial charge in [-0.2, -0.15) is 0 Å².